The van der Waals surface area contributed by atoms with Gasteiger partial charge in [-0.2, -0.15) is 5.10 Å². The Morgan fingerprint density at radius 1 is 1.09 bits per heavy atom. The van der Waals surface area contributed by atoms with Crippen LogP contribution in [0, 0.1) is 11.8 Å². The van der Waals surface area contributed by atoms with Crippen molar-refractivity contribution >= 4 is 34.5 Å². The molecule has 0 spiro atoms. The minimum atomic E-state index is -0.828. The third-order valence-electron chi connectivity index (χ3n) is 7.64. The molecule has 4 amide bonds. The predicted octanol–water partition coefficient (Wildman–Crippen LogP) is 3.81. The summed E-state index contributed by atoms with van der Waals surface area (Å²) in [5, 5.41) is 9.84. The van der Waals surface area contributed by atoms with Gasteiger partial charge in [0.15, 0.2) is 5.76 Å². The predicted molar refractivity (Wildman–Crippen MR) is 124 cm³/mol. The highest BCUT2D eigenvalue weighted by Gasteiger charge is 2.65. The van der Waals surface area contributed by atoms with Gasteiger partial charge in [-0.1, -0.05) is 18.2 Å². The van der Waals surface area contributed by atoms with Crippen molar-refractivity contribution in [3.8, 4) is 0 Å². The molecule has 1 saturated heterocycles. The molecule has 2 aromatic heterocycles. The summed E-state index contributed by atoms with van der Waals surface area (Å²) in [5.74, 6) is 0.795. The summed E-state index contributed by atoms with van der Waals surface area (Å²) in [6, 6.07) is 12.1. The number of urea groups is 1. The van der Waals surface area contributed by atoms with Crippen molar-refractivity contribution in [2.75, 3.05) is 6.54 Å². The molecule has 4 aliphatic rings. The molecular weight excluding hydrogens is 448 g/mol. The molecule has 7 rings (SSSR count). The van der Waals surface area contributed by atoms with Crippen LogP contribution in [-0.2, 0) is 9.59 Å². The van der Waals surface area contributed by atoms with E-state index in [1.54, 1.807) is 18.4 Å². The van der Waals surface area contributed by atoms with E-state index in [1.165, 1.54) is 5.01 Å². The van der Waals surface area contributed by atoms with E-state index in [2.05, 4.69) is 10.4 Å². The van der Waals surface area contributed by atoms with E-state index in [-0.39, 0.29) is 24.3 Å². The molecule has 4 heterocycles. The highest BCUT2D eigenvalue weighted by atomic mass is 16.3. The molecule has 9 heteroatoms. The number of nitrogens with one attached hydrogen (secondary N) is 1. The molecule has 178 valence electrons. The van der Waals surface area contributed by atoms with Gasteiger partial charge in [0.25, 0.3) is 11.8 Å². The van der Waals surface area contributed by atoms with Crippen molar-refractivity contribution in [2.24, 2.45) is 16.9 Å². The van der Waals surface area contributed by atoms with Crippen molar-refractivity contribution in [3.63, 3.8) is 0 Å². The number of rotatable bonds is 6. The number of imide groups is 1. The molecule has 2 aliphatic carbocycles. The molecule has 9 nitrogen and oxygen atoms in total. The number of furan rings is 2. The summed E-state index contributed by atoms with van der Waals surface area (Å²) >= 11 is 0. The van der Waals surface area contributed by atoms with Crippen molar-refractivity contribution in [1.82, 2.24) is 15.2 Å². The standard InChI is InChI=1S/C26H24N4O5/c31-23(14-29-24(32)26(16-7-8-16,17-9-10-17)27-25(29)33)30-19(21-6-3-11-34-21)13-18(28-30)22-12-15-4-1-2-5-20(15)35-22/h1-6,11-12,16-17,19H,7-10,13-14H2,(H,27,33). The fourth-order valence-corrected chi connectivity index (χ4v) is 5.64. The Labute approximate surface area is 200 Å². The first-order valence-electron chi connectivity index (χ1n) is 12.1. The summed E-state index contributed by atoms with van der Waals surface area (Å²) in [7, 11) is 0. The highest BCUT2D eigenvalue weighted by molar-refractivity contribution is 6.10. The van der Waals surface area contributed by atoms with Gasteiger partial charge in [-0.3, -0.25) is 14.5 Å². The van der Waals surface area contributed by atoms with Gasteiger partial charge >= 0.3 is 6.03 Å². The number of nitrogens with zero attached hydrogens (tertiary/aromatic N) is 3. The smallest absolute Gasteiger partial charge is 0.325 e. The molecule has 2 saturated carbocycles. The van der Waals surface area contributed by atoms with Gasteiger partial charge in [0.1, 0.15) is 35.2 Å². The second kappa shape index (κ2) is 7.31. The largest absolute Gasteiger partial charge is 0.467 e. The maximum absolute atomic E-state index is 13.5. The lowest BCUT2D eigenvalue weighted by Crippen LogP contribution is -2.51. The molecule has 1 aromatic carbocycles. The third-order valence-corrected chi connectivity index (χ3v) is 7.64. The van der Waals surface area contributed by atoms with Crippen LogP contribution in [0.25, 0.3) is 11.0 Å². The fraction of sp³-hybridized carbons (Fsp3) is 0.385. The fourth-order valence-electron chi connectivity index (χ4n) is 5.64. The monoisotopic (exact) mass is 472 g/mol. The van der Waals surface area contributed by atoms with Crippen LogP contribution < -0.4 is 5.32 Å². The average Bonchev–Trinajstić information content (AvgIpc) is 3.70. The van der Waals surface area contributed by atoms with E-state index < -0.39 is 23.5 Å². The summed E-state index contributed by atoms with van der Waals surface area (Å²) in [6.07, 6.45) is 5.68. The van der Waals surface area contributed by atoms with Gasteiger partial charge in [-0.05, 0) is 61.8 Å². The Kier molecular flexibility index (Phi) is 4.28. The van der Waals surface area contributed by atoms with Gasteiger partial charge in [0.05, 0.1) is 6.26 Å². The van der Waals surface area contributed by atoms with Gasteiger partial charge < -0.3 is 14.2 Å². The lowest BCUT2D eigenvalue weighted by Gasteiger charge is -2.27. The van der Waals surface area contributed by atoms with E-state index in [1.807, 2.05) is 30.3 Å². The maximum Gasteiger partial charge on any atom is 0.325 e. The molecule has 3 fully saturated rings. The lowest BCUT2D eigenvalue weighted by atomic mass is 9.87. The highest BCUT2D eigenvalue weighted by Crippen LogP contribution is 2.54. The van der Waals surface area contributed by atoms with Crippen molar-refractivity contribution in [3.05, 3.63) is 60.2 Å². The van der Waals surface area contributed by atoms with E-state index in [0.717, 1.165) is 41.6 Å². The minimum Gasteiger partial charge on any atom is -0.467 e. The van der Waals surface area contributed by atoms with Gasteiger partial charge in [-0.25, -0.2) is 9.80 Å². The van der Waals surface area contributed by atoms with Crippen LogP contribution in [-0.4, -0.2) is 45.5 Å². The number of carbonyl (C=O) groups is 3. The maximum atomic E-state index is 13.5. The zero-order valence-electron chi connectivity index (χ0n) is 19.0. The minimum absolute atomic E-state index is 0.173. The SMILES string of the molecule is O=C1NC(C2CC2)(C2CC2)C(=O)N1CC(=O)N1N=C(c2cc3ccccc3o2)CC1c1ccco1. The summed E-state index contributed by atoms with van der Waals surface area (Å²) in [4.78, 5) is 40.9. The molecule has 35 heavy (non-hydrogen) atoms. The topological polar surface area (TPSA) is 108 Å². The van der Waals surface area contributed by atoms with Crippen LogP contribution in [0.1, 0.15) is 49.7 Å². The Morgan fingerprint density at radius 3 is 2.54 bits per heavy atom. The Hall–Kier alpha value is -3.88. The second-order valence-electron chi connectivity index (χ2n) is 9.91. The van der Waals surface area contributed by atoms with Crippen LogP contribution in [0.5, 0.6) is 0 Å². The van der Waals surface area contributed by atoms with E-state index in [9.17, 15) is 14.4 Å². The van der Waals surface area contributed by atoms with Crippen LogP contribution in [0.3, 0.4) is 0 Å². The van der Waals surface area contributed by atoms with Crippen LogP contribution in [0.4, 0.5) is 4.79 Å². The van der Waals surface area contributed by atoms with Crippen molar-refractivity contribution in [1.29, 1.82) is 0 Å². The van der Waals surface area contributed by atoms with E-state index in [4.69, 9.17) is 8.83 Å². The Bertz CT molecular complexity index is 1340. The molecule has 2 aliphatic heterocycles. The van der Waals surface area contributed by atoms with Crippen LogP contribution in [0.15, 0.2) is 62.7 Å². The Balaban J connectivity index is 1.18. The first kappa shape index (κ1) is 20.5. The van der Waals surface area contributed by atoms with Gasteiger partial charge in [-0.15, -0.1) is 0 Å². The first-order valence-corrected chi connectivity index (χ1v) is 12.1. The summed E-state index contributed by atoms with van der Waals surface area (Å²) in [6.45, 7) is -0.361. The lowest BCUT2D eigenvalue weighted by molar-refractivity contribution is -0.141. The molecule has 1 N–H and O–H groups in total. The number of benzene rings is 1. The molecule has 1 unspecified atom stereocenters. The quantitative estimate of drug-likeness (QED) is 0.549. The molecular formula is C26H24N4O5. The summed E-state index contributed by atoms with van der Waals surface area (Å²) < 4.78 is 11.6. The molecule has 0 radical (unpaired) electrons. The number of hydrogen-bond acceptors (Lipinski definition) is 6. The van der Waals surface area contributed by atoms with Gasteiger partial charge in [0, 0.05) is 11.8 Å². The van der Waals surface area contributed by atoms with Crippen molar-refractivity contribution in [2.45, 2.75) is 43.7 Å². The zero-order chi connectivity index (χ0) is 23.7. The van der Waals surface area contributed by atoms with Crippen LogP contribution >= 0.6 is 0 Å². The normalized spacial score (nSPS) is 23.8. The Morgan fingerprint density at radius 2 is 1.86 bits per heavy atom. The second-order valence-corrected chi connectivity index (χ2v) is 9.91. The number of carbonyl (C=O) groups excluding carboxylic acids is 3. The van der Waals surface area contributed by atoms with Gasteiger partial charge in [0.2, 0.25) is 0 Å². The van der Waals surface area contributed by atoms with Crippen molar-refractivity contribution < 1.29 is 23.2 Å². The number of amides is 4. The van der Waals surface area contributed by atoms with E-state index in [0.29, 0.717) is 23.7 Å². The molecule has 0 bridgehead atoms. The van der Waals surface area contributed by atoms with Crippen LogP contribution in [0.2, 0.25) is 0 Å². The average molecular weight is 473 g/mol. The summed E-state index contributed by atoms with van der Waals surface area (Å²) in [5.41, 5.74) is 0.518. The molecule has 1 atom stereocenters. The molecule has 3 aromatic rings. The van der Waals surface area contributed by atoms with E-state index >= 15 is 0 Å². The number of para-hydroxylation sites is 1. The number of fused-ring (bicyclic) bond motifs is 1. The first-order chi connectivity index (χ1) is 17.0. The number of hydrazone groups is 1. The zero-order valence-corrected chi connectivity index (χ0v) is 19.0. The number of hydrogen-bond donors (Lipinski definition) is 1. The third kappa shape index (κ3) is 3.14.